The van der Waals surface area contributed by atoms with Crippen molar-refractivity contribution in [3.8, 4) is 0 Å². The van der Waals surface area contributed by atoms with Crippen molar-refractivity contribution in [3.63, 3.8) is 0 Å². The minimum absolute atomic E-state index is 0.0642. The van der Waals surface area contributed by atoms with Gasteiger partial charge in [0.15, 0.2) is 0 Å². The molecule has 0 aromatic heterocycles. The van der Waals surface area contributed by atoms with Crippen molar-refractivity contribution in [2.24, 2.45) is 0 Å². The standard InChI is InChI=1S/C66H131N2O6P/c1-6-8-10-12-14-16-18-20-22-24-26-28-30-32-33-34-35-36-38-40-42-44-46-48-50-52-54-56-58-60-66(70)67-64(63-74-75(71,72)73-62-61-68(3,4)5)65(69)59-57-55-53-51-49-47-45-43-41-39-37-31-29-27-25-23-21-19-17-15-13-11-9-7-2/h24,26,57,59,64-65,69H,6-23,25,27-56,58,60-63H2,1-5H3,(H-,67,70,71,72)/p+1/b26-24-,59-57+. The second kappa shape index (κ2) is 57.7. The number of nitrogens with one attached hydrogen (secondary N) is 1. The van der Waals surface area contributed by atoms with Gasteiger partial charge in [-0.3, -0.25) is 13.8 Å². The van der Waals surface area contributed by atoms with Crippen LogP contribution in [0.3, 0.4) is 0 Å². The molecule has 0 bridgehead atoms. The fraction of sp³-hybridized carbons (Fsp3) is 0.924. The monoisotopic (exact) mass is 1080 g/mol. The van der Waals surface area contributed by atoms with Crippen LogP contribution in [0.1, 0.15) is 341 Å². The number of aliphatic hydroxyl groups excluding tert-OH is 1. The molecule has 0 aliphatic carbocycles. The molecule has 0 aliphatic rings. The van der Waals surface area contributed by atoms with E-state index < -0.39 is 20.0 Å². The van der Waals surface area contributed by atoms with Crippen LogP contribution in [0.25, 0.3) is 0 Å². The summed E-state index contributed by atoms with van der Waals surface area (Å²) >= 11 is 0. The number of quaternary nitrogens is 1. The Morgan fingerprint density at radius 2 is 0.720 bits per heavy atom. The van der Waals surface area contributed by atoms with Gasteiger partial charge >= 0.3 is 7.82 Å². The van der Waals surface area contributed by atoms with Crippen LogP contribution in [-0.2, 0) is 18.4 Å². The molecule has 3 atom stereocenters. The SMILES string of the molecule is CCCCCCCCCC/C=C\CCCCCCCCCCCCCCCCCCCC(=O)NC(COP(=O)(O)OCC[N+](C)(C)C)C(O)/C=C/CCCCCCCCCCCCCCCCCCCCCCCC. The largest absolute Gasteiger partial charge is 0.472 e. The second-order valence-corrected chi connectivity index (χ2v) is 25.7. The van der Waals surface area contributed by atoms with Gasteiger partial charge in [-0.25, -0.2) is 4.57 Å². The minimum Gasteiger partial charge on any atom is -0.387 e. The Hall–Kier alpha value is -1.02. The molecular weight excluding hydrogens is 948 g/mol. The third-order valence-electron chi connectivity index (χ3n) is 15.4. The Balaban J connectivity index is 4.08. The Bertz CT molecular complexity index is 1270. The van der Waals surface area contributed by atoms with E-state index in [1.807, 2.05) is 27.2 Å². The zero-order valence-corrected chi connectivity index (χ0v) is 52.0. The van der Waals surface area contributed by atoms with E-state index in [1.54, 1.807) is 6.08 Å². The highest BCUT2D eigenvalue weighted by Gasteiger charge is 2.28. The second-order valence-electron chi connectivity index (χ2n) is 24.2. The van der Waals surface area contributed by atoms with E-state index in [0.29, 0.717) is 17.4 Å². The Morgan fingerprint density at radius 3 is 1.03 bits per heavy atom. The molecule has 0 heterocycles. The smallest absolute Gasteiger partial charge is 0.387 e. The molecule has 0 fully saturated rings. The first-order valence-corrected chi connectivity index (χ1v) is 34.7. The average molecular weight is 1080 g/mol. The number of phosphoric acid groups is 1. The zero-order valence-electron chi connectivity index (χ0n) is 51.1. The van der Waals surface area contributed by atoms with Crippen LogP contribution in [0.15, 0.2) is 24.3 Å². The molecule has 3 unspecified atom stereocenters. The van der Waals surface area contributed by atoms with Gasteiger partial charge in [0.1, 0.15) is 13.2 Å². The summed E-state index contributed by atoms with van der Waals surface area (Å²) < 4.78 is 23.8. The predicted molar refractivity (Wildman–Crippen MR) is 328 cm³/mol. The molecule has 1 amide bonds. The van der Waals surface area contributed by atoms with Crippen molar-refractivity contribution in [2.75, 3.05) is 40.9 Å². The summed E-state index contributed by atoms with van der Waals surface area (Å²) in [5.74, 6) is -0.169. The van der Waals surface area contributed by atoms with E-state index >= 15 is 0 Å². The first kappa shape index (κ1) is 74.0. The van der Waals surface area contributed by atoms with Crippen LogP contribution in [0, 0.1) is 0 Å². The van der Waals surface area contributed by atoms with Gasteiger partial charge in [0.25, 0.3) is 0 Å². The van der Waals surface area contributed by atoms with Gasteiger partial charge in [-0.05, 0) is 44.9 Å². The molecule has 0 rings (SSSR count). The van der Waals surface area contributed by atoms with E-state index in [0.717, 1.165) is 32.1 Å². The third-order valence-corrected chi connectivity index (χ3v) is 16.4. The molecule has 9 heteroatoms. The molecule has 0 saturated heterocycles. The summed E-state index contributed by atoms with van der Waals surface area (Å²) in [5.41, 5.74) is 0. The number of nitrogens with zero attached hydrogens (tertiary/aromatic N) is 1. The third kappa shape index (κ3) is 60.5. The number of unbranched alkanes of at least 4 members (excludes halogenated alkanes) is 47. The number of likely N-dealkylation sites (N-methyl/N-ethyl adjacent to an activating group) is 1. The Kier molecular flexibility index (Phi) is 56.9. The molecule has 0 radical (unpaired) electrons. The van der Waals surface area contributed by atoms with Gasteiger partial charge < -0.3 is 19.8 Å². The van der Waals surface area contributed by atoms with Crippen molar-refractivity contribution >= 4 is 13.7 Å². The molecule has 8 nitrogen and oxygen atoms in total. The molecule has 3 N–H and O–H groups in total. The summed E-state index contributed by atoms with van der Waals surface area (Å²) in [6, 6.07) is -0.845. The molecule has 0 aromatic rings. The van der Waals surface area contributed by atoms with Crippen LogP contribution in [0.5, 0.6) is 0 Å². The van der Waals surface area contributed by atoms with Gasteiger partial charge in [0, 0.05) is 6.42 Å². The van der Waals surface area contributed by atoms with E-state index in [9.17, 15) is 19.4 Å². The maximum absolute atomic E-state index is 13.0. The molecule has 0 aromatic carbocycles. The summed E-state index contributed by atoms with van der Waals surface area (Å²) in [5, 5.41) is 14.0. The number of carbonyl (C=O) groups excluding carboxylic acids is 1. The number of phosphoric ester groups is 1. The first-order chi connectivity index (χ1) is 36.5. The van der Waals surface area contributed by atoms with Crippen LogP contribution in [0.4, 0.5) is 0 Å². The lowest BCUT2D eigenvalue weighted by Gasteiger charge is -2.25. The Labute approximate surface area is 468 Å². The summed E-state index contributed by atoms with van der Waals surface area (Å²) in [6.45, 7) is 4.87. The number of allylic oxidation sites excluding steroid dienone is 3. The fourth-order valence-electron chi connectivity index (χ4n) is 10.2. The summed E-state index contributed by atoms with van der Waals surface area (Å²) in [6.07, 6.45) is 74.5. The summed E-state index contributed by atoms with van der Waals surface area (Å²) in [4.78, 5) is 23.4. The van der Waals surface area contributed by atoms with E-state index in [4.69, 9.17) is 9.05 Å². The quantitative estimate of drug-likeness (QED) is 0.0243. The van der Waals surface area contributed by atoms with E-state index in [1.165, 1.54) is 289 Å². The van der Waals surface area contributed by atoms with E-state index in [-0.39, 0.29) is 19.1 Å². The van der Waals surface area contributed by atoms with Crippen molar-refractivity contribution in [1.82, 2.24) is 5.32 Å². The molecule has 0 aliphatic heterocycles. The molecule has 0 saturated carbocycles. The van der Waals surface area contributed by atoms with Crippen LogP contribution >= 0.6 is 7.82 Å². The van der Waals surface area contributed by atoms with Gasteiger partial charge in [-0.2, -0.15) is 0 Å². The first-order valence-electron chi connectivity index (χ1n) is 33.2. The van der Waals surface area contributed by atoms with Crippen molar-refractivity contribution in [2.45, 2.75) is 353 Å². The topological polar surface area (TPSA) is 105 Å². The lowest BCUT2D eigenvalue weighted by atomic mass is 10.0. The number of amides is 1. The van der Waals surface area contributed by atoms with Crippen LogP contribution in [0.2, 0.25) is 0 Å². The number of carbonyl (C=O) groups is 1. The lowest BCUT2D eigenvalue weighted by molar-refractivity contribution is -0.870. The van der Waals surface area contributed by atoms with E-state index in [2.05, 4.69) is 31.3 Å². The van der Waals surface area contributed by atoms with Gasteiger partial charge in [0.05, 0.1) is 39.9 Å². The van der Waals surface area contributed by atoms with Crippen LogP contribution < -0.4 is 5.32 Å². The maximum Gasteiger partial charge on any atom is 0.472 e. The number of hydrogen-bond donors (Lipinski definition) is 3. The highest BCUT2D eigenvalue weighted by atomic mass is 31.2. The van der Waals surface area contributed by atoms with Crippen LogP contribution in [-0.4, -0.2) is 73.4 Å². The zero-order chi connectivity index (χ0) is 54.9. The highest BCUT2D eigenvalue weighted by molar-refractivity contribution is 7.47. The molecular formula is C66H132N2O6P+. The summed E-state index contributed by atoms with van der Waals surface area (Å²) in [7, 11) is 1.59. The minimum atomic E-state index is -4.35. The number of rotatable bonds is 62. The predicted octanol–water partition coefficient (Wildman–Crippen LogP) is 20.7. The molecule has 75 heavy (non-hydrogen) atoms. The highest BCUT2D eigenvalue weighted by Crippen LogP contribution is 2.43. The van der Waals surface area contributed by atoms with Crippen molar-refractivity contribution in [1.29, 1.82) is 0 Å². The van der Waals surface area contributed by atoms with Crippen molar-refractivity contribution in [3.05, 3.63) is 24.3 Å². The molecule has 446 valence electrons. The maximum atomic E-state index is 13.0. The average Bonchev–Trinajstić information content (AvgIpc) is 3.37. The normalized spacial score (nSPS) is 13.9. The number of aliphatic hydroxyl groups is 1. The molecule has 0 spiro atoms. The fourth-order valence-corrected chi connectivity index (χ4v) is 11.0. The number of hydrogen-bond acceptors (Lipinski definition) is 5. The van der Waals surface area contributed by atoms with Gasteiger partial charge in [-0.1, -0.05) is 314 Å². The van der Waals surface area contributed by atoms with Gasteiger partial charge in [-0.15, -0.1) is 0 Å². The lowest BCUT2D eigenvalue weighted by Crippen LogP contribution is -2.45. The van der Waals surface area contributed by atoms with Crippen molar-refractivity contribution < 1.29 is 32.9 Å². The Morgan fingerprint density at radius 1 is 0.440 bits per heavy atom. The van der Waals surface area contributed by atoms with Gasteiger partial charge in [0.2, 0.25) is 5.91 Å².